The standard InChI is InChI=1S/C14H27N3O2/c1-16(2)14(19)12-7-10-17(11-8-12)13(18)6-4-3-5-9-15/h12H,3-11,15H2,1-2H3. The van der Waals surface area contributed by atoms with E-state index in [0.29, 0.717) is 13.0 Å². The Morgan fingerprint density at radius 2 is 1.79 bits per heavy atom. The third kappa shape index (κ3) is 5.19. The molecule has 0 aromatic carbocycles. The quantitative estimate of drug-likeness (QED) is 0.726. The van der Waals surface area contributed by atoms with Crippen LogP contribution in [-0.4, -0.2) is 55.3 Å². The molecule has 0 saturated carbocycles. The van der Waals surface area contributed by atoms with Gasteiger partial charge in [0.05, 0.1) is 0 Å². The van der Waals surface area contributed by atoms with Crippen LogP contribution in [0.3, 0.4) is 0 Å². The molecule has 0 unspecified atom stereocenters. The monoisotopic (exact) mass is 269 g/mol. The summed E-state index contributed by atoms with van der Waals surface area (Å²) < 4.78 is 0. The van der Waals surface area contributed by atoms with Crippen LogP contribution in [-0.2, 0) is 9.59 Å². The average Bonchev–Trinajstić information content (AvgIpc) is 2.42. The Hall–Kier alpha value is -1.10. The molecule has 0 aromatic heterocycles. The molecule has 0 atom stereocenters. The molecule has 110 valence electrons. The second kappa shape index (κ2) is 8.15. The first-order chi connectivity index (χ1) is 9.06. The van der Waals surface area contributed by atoms with E-state index in [9.17, 15) is 9.59 Å². The van der Waals surface area contributed by atoms with E-state index in [4.69, 9.17) is 5.73 Å². The molecule has 1 heterocycles. The Bertz CT molecular complexity index is 297. The lowest BCUT2D eigenvalue weighted by Gasteiger charge is -2.32. The van der Waals surface area contributed by atoms with Crippen LogP contribution in [0, 0.1) is 5.92 Å². The van der Waals surface area contributed by atoms with Crippen molar-refractivity contribution in [2.45, 2.75) is 38.5 Å². The van der Waals surface area contributed by atoms with Crippen molar-refractivity contribution in [2.75, 3.05) is 33.7 Å². The van der Waals surface area contributed by atoms with Gasteiger partial charge < -0.3 is 15.5 Å². The number of carbonyl (C=O) groups is 2. The maximum atomic E-state index is 12.0. The van der Waals surface area contributed by atoms with Crippen molar-refractivity contribution in [1.29, 1.82) is 0 Å². The van der Waals surface area contributed by atoms with Gasteiger partial charge in [0.1, 0.15) is 0 Å². The van der Waals surface area contributed by atoms with E-state index in [1.165, 1.54) is 0 Å². The number of nitrogens with zero attached hydrogens (tertiary/aromatic N) is 2. The number of unbranched alkanes of at least 4 members (excludes halogenated alkanes) is 2. The minimum absolute atomic E-state index is 0.0938. The minimum Gasteiger partial charge on any atom is -0.349 e. The third-order valence-corrected chi connectivity index (χ3v) is 3.73. The van der Waals surface area contributed by atoms with E-state index < -0.39 is 0 Å². The van der Waals surface area contributed by atoms with Gasteiger partial charge in [0, 0.05) is 39.5 Å². The fourth-order valence-electron chi connectivity index (χ4n) is 2.50. The first-order valence-corrected chi connectivity index (χ1v) is 7.25. The van der Waals surface area contributed by atoms with Crippen LogP contribution in [0.15, 0.2) is 0 Å². The summed E-state index contributed by atoms with van der Waals surface area (Å²) in [7, 11) is 3.58. The summed E-state index contributed by atoms with van der Waals surface area (Å²) in [5.41, 5.74) is 5.42. The van der Waals surface area contributed by atoms with Gasteiger partial charge in [0.15, 0.2) is 0 Å². The molecule has 0 spiro atoms. The van der Waals surface area contributed by atoms with Gasteiger partial charge in [0.25, 0.3) is 0 Å². The topological polar surface area (TPSA) is 66.6 Å². The molecule has 5 nitrogen and oxygen atoms in total. The molecule has 5 heteroatoms. The van der Waals surface area contributed by atoms with E-state index in [-0.39, 0.29) is 17.7 Å². The molecular formula is C14H27N3O2. The molecule has 1 rings (SSSR count). The molecule has 19 heavy (non-hydrogen) atoms. The zero-order valence-electron chi connectivity index (χ0n) is 12.2. The van der Waals surface area contributed by atoms with E-state index in [1.807, 2.05) is 4.90 Å². The molecule has 0 radical (unpaired) electrons. The van der Waals surface area contributed by atoms with Crippen molar-refractivity contribution in [3.05, 3.63) is 0 Å². The largest absolute Gasteiger partial charge is 0.349 e. The second-order valence-electron chi connectivity index (χ2n) is 5.49. The Labute approximate surface area is 116 Å². The molecule has 1 aliphatic heterocycles. The molecule has 0 aliphatic carbocycles. The maximum absolute atomic E-state index is 12.0. The summed E-state index contributed by atoms with van der Waals surface area (Å²) in [5.74, 6) is 0.513. The number of rotatable bonds is 6. The molecule has 0 bridgehead atoms. The Balaban J connectivity index is 2.25. The Kier molecular flexibility index (Phi) is 6.84. The van der Waals surface area contributed by atoms with E-state index in [2.05, 4.69) is 0 Å². The van der Waals surface area contributed by atoms with Gasteiger partial charge in [-0.3, -0.25) is 9.59 Å². The molecule has 1 aliphatic rings. The summed E-state index contributed by atoms with van der Waals surface area (Å²) in [5, 5.41) is 0. The summed E-state index contributed by atoms with van der Waals surface area (Å²) in [6.45, 7) is 2.15. The molecule has 1 fully saturated rings. The maximum Gasteiger partial charge on any atom is 0.225 e. The van der Waals surface area contributed by atoms with Gasteiger partial charge in [-0.15, -0.1) is 0 Å². The summed E-state index contributed by atoms with van der Waals surface area (Å²) in [6.07, 6.45) is 5.15. The van der Waals surface area contributed by atoms with Gasteiger partial charge in [-0.1, -0.05) is 6.42 Å². The highest BCUT2D eigenvalue weighted by molar-refractivity contribution is 5.79. The lowest BCUT2D eigenvalue weighted by atomic mass is 9.95. The van der Waals surface area contributed by atoms with Crippen LogP contribution in [0.5, 0.6) is 0 Å². The highest BCUT2D eigenvalue weighted by atomic mass is 16.2. The molecule has 1 saturated heterocycles. The smallest absolute Gasteiger partial charge is 0.225 e. The van der Waals surface area contributed by atoms with E-state index in [0.717, 1.165) is 45.2 Å². The Morgan fingerprint density at radius 3 is 2.32 bits per heavy atom. The zero-order chi connectivity index (χ0) is 14.3. The number of carbonyl (C=O) groups excluding carboxylic acids is 2. The number of nitrogens with two attached hydrogens (primary N) is 1. The number of hydrogen-bond donors (Lipinski definition) is 1. The van der Waals surface area contributed by atoms with Crippen LogP contribution in [0.25, 0.3) is 0 Å². The lowest BCUT2D eigenvalue weighted by molar-refractivity contribution is -0.139. The summed E-state index contributed by atoms with van der Waals surface area (Å²) in [6, 6.07) is 0. The lowest BCUT2D eigenvalue weighted by Crippen LogP contribution is -2.42. The molecule has 2 N–H and O–H groups in total. The van der Waals surface area contributed by atoms with Crippen LogP contribution < -0.4 is 5.73 Å². The number of piperidine rings is 1. The van der Waals surface area contributed by atoms with Gasteiger partial charge in [0.2, 0.25) is 11.8 Å². The fourth-order valence-corrected chi connectivity index (χ4v) is 2.50. The highest BCUT2D eigenvalue weighted by Gasteiger charge is 2.27. The van der Waals surface area contributed by atoms with Crippen LogP contribution >= 0.6 is 0 Å². The van der Waals surface area contributed by atoms with Crippen molar-refractivity contribution < 1.29 is 9.59 Å². The van der Waals surface area contributed by atoms with Crippen molar-refractivity contribution in [1.82, 2.24) is 9.80 Å². The molecular weight excluding hydrogens is 242 g/mol. The van der Waals surface area contributed by atoms with Crippen LogP contribution in [0.4, 0.5) is 0 Å². The van der Waals surface area contributed by atoms with Gasteiger partial charge in [-0.2, -0.15) is 0 Å². The summed E-state index contributed by atoms with van der Waals surface area (Å²) >= 11 is 0. The van der Waals surface area contributed by atoms with Gasteiger partial charge in [-0.05, 0) is 32.2 Å². The van der Waals surface area contributed by atoms with Crippen LogP contribution in [0.1, 0.15) is 38.5 Å². The summed E-state index contributed by atoms with van der Waals surface area (Å²) in [4.78, 5) is 27.4. The van der Waals surface area contributed by atoms with E-state index in [1.54, 1.807) is 19.0 Å². The normalized spacial score (nSPS) is 16.5. The van der Waals surface area contributed by atoms with Crippen molar-refractivity contribution in [3.8, 4) is 0 Å². The third-order valence-electron chi connectivity index (χ3n) is 3.73. The minimum atomic E-state index is 0.0938. The fraction of sp³-hybridized carbons (Fsp3) is 0.857. The van der Waals surface area contributed by atoms with Crippen molar-refractivity contribution in [2.24, 2.45) is 11.7 Å². The van der Waals surface area contributed by atoms with Crippen molar-refractivity contribution >= 4 is 11.8 Å². The number of likely N-dealkylation sites (tertiary alicyclic amines) is 1. The second-order valence-corrected chi connectivity index (χ2v) is 5.49. The zero-order valence-corrected chi connectivity index (χ0v) is 12.2. The predicted octanol–water partition coefficient (Wildman–Crippen LogP) is 0.832. The molecule has 2 amide bonds. The van der Waals surface area contributed by atoms with Gasteiger partial charge >= 0.3 is 0 Å². The predicted molar refractivity (Wildman–Crippen MR) is 75.5 cm³/mol. The first kappa shape index (κ1) is 16.0. The van der Waals surface area contributed by atoms with Gasteiger partial charge in [-0.25, -0.2) is 0 Å². The first-order valence-electron chi connectivity index (χ1n) is 7.25. The average molecular weight is 269 g/mol. The molecule has 0 aromatic rings. The Morgan fingerprint density at radius 1 is 1.16 bits per heavy atom. The number of amides is 2. The van der Waals surface area contributed by atoms with E-state index >= 15 is 0 Å². The van der Waals surface area contributed by atoms with Crippen LogP contribution in [0.2, 0.25) is 0 Å². The highest BCUT2D eigenvalue weighted by Crippen LogP contribution is 2.19. The SMILES string of the molecule is CN(C)C(=O)C1CCN(C(=O)CCCCCN)CC1. The van der Waals surface area contributed by atoms with Crippen molar-refractivity contribution in [3.63, 3.8) is 0 Å². The number of hydrogen-bond acceptors (Lipinski definition) is 3.